The van der Waals surface area contributed by atoms with Crippen LogP contribution in [0.1, 0.15) is 25.5 Å². The van der Waals surface area contributed by atoms with Gasteiger partial charge in [-0.1, -0.05) is 37.6 Å². The van der Waals surface area contributed by atoms with Crippen molar-refractivity contribution in [2.45, 2.75) is 20.0 Å². The molecule has 90 valence electrons. The lowest BCUT2D eigenvalue weighted by Crippen LogP contribution is -2.21. The summed E-state index contributed by atoms with van der Waals surface area (Å²) in [5, 5.41) is 3.91. The van der Waals surface area contributed by atoms with Crippen molar-refractivity contribution in [3.63, 3.8) is 0 Å². The standard InChI is InChI=1S/C13H20ClNO/c1-10(2)9-16-13(8-15-3)11-4-6-12(14)7-5-11/h4-7,10,13,15H,8-9H2,1-3H3. The van der Waals surface area contributed by atoms with E-state index in [-0.39, 0.29) is 6.10 Å². The summed E-state index contributed by atoms with van der Waals surface area (Å²) in [6.45, 7) is 5.89. The molecule has 1 unspecified atom stereocenters. The fourth-order valence-corrected chi connectivity index (χ4v) is 1.57. The van der Waals surface area contributed by atoms with Gasteiger partial charge in [0.05, 0.1) is 6.10 Å². The van der Waals surface area contributed by atoms with Crippen LogP contribution in [0.5, 0.6) is 0 Å². The first kappa shape index (κ1) is 13.5. The van der Waals surface area contributed by atoms with E-state index in [9.17, 15) is 0 Å². The molecule has 1 N–H and O–H groups in total. The molecule has 1 aromatic carbocycles. The number of nitrogens with one attached hydrogen (secondary N) is 1. The molecule has 0 fully saturated rings. The summed E-state index contributed by atoms with van der Waals surface area (Å²) in [6, 6.07) is 7.84. The van der Waals surface area contributed by atoms with Crippen LogP contribution in [0.15, 0.2) is 24.3 Å². The van der Waals surface area contributed by atoms with Gasteiger partial charge in [-0.15, -0.1) is 0 Å². The van der Waals surface area contributed by atoms with Crippen LogP contribution < -0.4 is 5.32 Å². The van der Waals surface area contributed by atoms with Crippen LogP contribution in [-0.2, 0) is 4.74 Å². The summed E-state index contributed by atoms with van der Waals surface area (Å²) in [5.74, 6) is 0.548. The zero-order valence-corrected chi connectivity index (χ0v) is 10.9. The van der Waals surface area contributed by atoms with E-state index in [1.54, 1.807) is 0 Å². The fraction of sp³-hybridized carbons (Fsp3) is 0.538. The number of benzene rings is 1. The summed E-state index contributed by atoms with van der Waals surface area (Å²) >= 11 is 5.86. The van der Waals surface area contributed by atoms with Gasteiger partial charge in [-0.05, 0) is 30.7 Å². The molecule has 0 aliphatic rings. The van der Waals surface area contributed by atoms with Gasteiger partial charge in [0.15, 0.2) is 0 Å². The highest BCUT2D eigenvalue weighted by atomic mass is 35.5. The van der Waals surface area contributed by atoms with E-state index in [4.69, 9.17) is 16.3 Å². The summed E-state index contributed by atoms with van der Waals surface area (Å²) in [6.07, 6.45) is 0.102. The Hall–Kier alpha value is -0.570. The average Bonchev–Trinajstić information content (AvgIpc) is 2.25. The Morgan fingerprint density at radius 3 is 2.38 bits per heavy atom. The number of likely N-dealkylation sites (N-methyl/N-ethyl adjacent to an activating group) is 1. The minimum Gasteiger partial charge on any atom is -0.372 e. The largest absolute Gasteiger partial charge is 0.372 e. The highest BCUT2D eigenvalue weighted by Gasteiger charge is 2.11. The monoisotopic (exact) mass is 241 g/mol. The summed E-state index contributed by atoms with van der Waals surface area (Å²) < 4.78 is 5.86. The van der Waals surface area contributed by atoms with Gasteiger partial charge in [0.1, 0.15) is 0 Å². The van der Waals surface area contributed by atoms with Gasteiger partial charge in [-0.2, -0.15) is 0 Å². The molecule has 0 radical (unpaired) electrons. The molecule has 0 saturated heterocycles. The zero-order valence-electron chi connectivity index (χ0n) is 10.2. The van der Waals surface area contributed by atoms with Crippen molar-refractivity contribution in [3.8, 4) is 0 Å². The molecule has 0 heterocycles. The van der Waals surface area contributed by atoms with Gasteiger partial charge >= 0.3 is 0 Å². The predicted molar refractivity (Wildman–Crippen MR) is 68.9 cm³/mol. The Kier molecular flexibility index (Phi) is 5.81. The summed E-state index contributed by atoms with van der Waals surface area (Å²) in [7, 11) is 1.93. The van der Waals surface area contributed by atoms with E-state index in [0.717, 1.165) is 18.2 Å². The van der Waals surface area contributed by atoms with E-state index in [1.165, 1.54) is 5.56 Å². The SMILES string of the molecule is CNCC(OCC(C)C)c1ccc(Cl)cc1. The lowest BCUT2D eigenvalue weighted by Gasteiger charge is -2.19. The Morgan fingerprint density at radius 1 is 1.25 bits per heavy atom. The molecule has 0 aliphatic heterocycles. The molecule has 0 aromatic heterocycles. The Morgan fingerprint density at radius 2 is 1.88 bits per heavy atom. The third-order valence-electron chi connectivity index (χ3n) is 2.26. The Balaban J connectivity index is 2.64. The van der Waals surface area contributed by atoms with Crippen molar-refractivity contribution in [1.82, 2.24) is 5.32 Å². The first-order valence-corrected chi connectivity index (χ1v) is 6.03. The van der Waals surface area contributed by atoms with Crippen LogP contribution in [0, 0.1) is 5.92 Å². The molecule has 1 atom stereocenters. The summed E-state index contributed by atoms with van der Waals surface area (Å²) in [4.78, 5) is 0. The van der Waals surface area contributed by atoms with Crippen LogP contribution in [0.4, 0.5) is 0 Å². The maximum Gasteiger partial charge on any atom is 0.0949 e. The maximum atomic E-state index is 5.86. The third kappa shape index (κ3) is 4.52. The Bertz CT molecular complexity index is 297. The summed E-state index contributed by atoms with van der Waals surface area (Å²) in [5.41, 5.74) is 1.17. The average molecular weight is 242 g/mol. The van der Waals surface area contributed by atoms with E-state index in [2.05, 4.69) is 19.2 Å². The van der Waals surface area contributed by atoms with Crippen LogP contribution in [-0.4, -0.2) is 20.2 Å². The highest BCUT2D eigenvalue weighted by Crippen LogP contribution is 2.20. The van der Waals surface area contributed by atoms with Crippen molar-refractivity contribution >= 4 is 11.6 Å². The van der Waals surface area contributed by atoms with Gasteiger partial charge in [0, 0.05) is 18.2 Å². The van der Waals surface area contributed by atoms with Crippen LogP contribution >= 0.6 is 11.6 Å². The molecule has 0 aliphatic carbocycles. The number of rotatable bonds is 6. The van der Waals surface area contributed by atoms with Crippen molar-refractivity contribution in [2.24, 2.45) is 5.92 Å². The molecule has 1 rings (SSSR count). The number of hydrogen-bond donors (Lipinski definition) is 1. The van der Waals surface area contributed by atoms with E-state index < -0.39 is 0 Å². The number of halogens is 1. The molecule has 3 heteroatoms. The van der Waals surface area contributed by atoms with Crippen molar-refractivity contribution in [2.75, 3.05) is 20.2 Å². The van der Waals surface area contributed by atoms with Crippen LogP contribution in [0.25, 0.3) is 0 Å². The topological polar surface area (TPSA) is 21.3 Å². The molecule has 1 aromatic rings. The van der Waals surface area contributed by atoms with E-state index >= 15 is 0 Å². The minimum atomic E-state index is 0.102. The Labute approximate surface area is 103 Å². The second kappa shape index (κ2) is 6.89. The van der Waals surface area contributed by atoms with Crippen molar-refractivity contribution in [1.29, 1.82) is 0 Å². The molecular formula is C13H20ClNO. The normalized spacial score (nSPS) is 13.1. The van der Waals surface area contributed by atoms with E-state index in [1.807, 2.05) is 31.3 Å². The van der Waals surface area contributed by atoms with Crippen molar-refractivity contribution in [3.05, 3.63) is 34.9 Å². The number of hydrogen-bond acceptors (Lipinski definition) is 2. The van der Waals surface area contributed by atoms with Crippen molar-refractivity contribution < 1.29 is 4.74 Å². The highest BCUT2D eigenvalue weighted by molar-refractivity contribution is 6.30. The van der Waals surface area contributed by atoms with Gasteiger partial charge in [0.2, 0.25) is 0 Å². The maximum absolute atomic E-state index is 5.86. The quantitative estimate of drug-likeness (QED) is 0.826. The molecule has 0 spiro atoms. The smallest absolute Gasteiger partial charge is 0.0949 e. The number of ether oxygens (including phenoxy) is 1. The van der Waals surface area contributed by atoms with Gasteiger partial charge < -0.3 is 10.1 Å². The second-order valence-electron chi connectivity index (χ2n) is 4.33. The lowest BCUT2D eigenvalue weighted by molar-refractivity contribution is 0.0363. The first-order chi connectivity index (χ1) is 7.63. The predicted octanol–water partition coefficient (Wildman–Crippen LogP) is 3.27. The van der Waals surface area contributed by atoms with Crippen LogP contribution in [0.3, 0.4) is 0 Å². The van der Waals surface area contributed by atoms with Gasteiger partial charge in [0.25, 0.3) is 0 Å². The van der Waals surface area contributed by atoms with Gasteiger partial charge in [-0.25, -0.2) is 0 Å². The third-order valence-corrected chi connectivity index (χ3v) is 2.51. The molecule has 2 nitrogen and oxygen atoms in total. The van der Waals surface area contributed by atoms with Crippen LogP contribution in [0.2, 0.25) is 5.02 Å². The van der Waals surface area contributed by atoms with Gasteiger partial charge in [-0.3, -0.25) is 0 Å². The second-order valence-corrected chi connectivity index (χ2v) is 4.76. The van der Waals surface area contributed by atoms with E-state index in [0.29, 0.717) is 5.92 Å². The lowest BCUT2D eigenvalue weighted by atomic mass is 10.1. The fourth-order valence-electron chi connectivity index (χ4n) is 1.44. The molecule has 16 heavy (non-hydrogen) atoms. The minimum absolute atomic E-state index is 0.102. The first-order valence-electron chi connectivity index (χ1n) is 5.65. The molecule has 0 bridgehead atoms. The molecule has 0 saturated carbocycles. The molecular weight excluding hydrogens is 222 g/mol. The molecule has 0 amide bonds. The zero-order chi connectivity index (χ0) is 12.0.